The predicted molar refractivity (Wildman–Crippen MR) is 234 cm³/mol. The van der Waals surface area contributed by atoms with Gasteiger partial charge in [-0.2, -0.15) is 0 Å². The first kappa shape index (κ1) is 51.7. The van der Waals surface area contributed by atoms with Crippen LogP contribution in [0.1, 0.15) is 240 Å². The molecular weight excluding hydrogens is 713 g/mol. The van der Waals surface area contributed by atoms with Gasteiger partial charge in [-0.25, -0.2) is 9.59 Å². The first-order valence-electron chi connectivity index (χ1n) is 23.3. The van der Waals surface area contributed by atoms with Crippen molar-refractivity contribution in [3.05, 3.63) is 71.8 Å². The molecule has 0 aliphatic heterocycles. The zero-order valence-corrected chi connectivity index (χ0v) is 36.3. The first-order chi connectivity index (χ1) is 28.0. The second-order valence-corrected chi connectivity index (χ2v) is 15.8. The lowest BCUT2D eigenvalue weighted by Gasteiger charge is -2.04. The van der Waals surface area contributed by atoms with E-state index in [9.17, 15) is 19.2 Å². The average Bonchev–Trinajstić information content (AvgIpc) is 3.24. The van der Waals surface area contributed by atoms with E-state index in [1.807, 2.05) is 12.1 Å². The van der Waals surface area contributed by atoms with E-state index in [4.69, 9.17) is 0 Å². The van der Waals surface area contributed by atoms with Crippen molar-refractivity contribution in [2.75, 3.05) is 0 Å². The largest absolute Gasteiger partial charge is 0.346 e. The van der Waals surface area contributed by atoms with Crippen LogP contribution >= 0.6 is 0 Å². The van der Waals surface area contributed by atoms with Crippen molar-refractivity contribution in [3.63, 3.8) is 0 Å². The molecule has 0 aliphatic carbocycles. The molecule has 322 valence electrons. The van der Waals surface area contributed by atoms with Crippen molar-refractivity contribution in [2.45, 2.75) is 219 Å². The molecule has 0 saturated carbocycles. The summed E-state index contributed by atoms with van der Waals surface area (Å²) >= 11 is 0. The lowest BCUT2D eigenvalue weighted by molar-refractivity contribution is -0.459. The van der Waals surface area contributed by atoms with Gasteiger partial charge >= 0.3 is 11.9 Å². The van der Waals surface area contributed by atoms with Gasteiger partial charge < -0.3 is 0 Å². The van der Waals surface area contributed by atoms with Gasteiger partial charge in [0.1, 0.15) is 0 Å². The maximum absolute atomic E-state index is 11.8. The van der Waals surface area contributed by atoms with Crippen LogP contribution in [0.3, 0.4) is 0 Å². The highest BCUT2D eigenvalue weighted by atomic mass is 17.5. The molecule has 0 aromatic heterocycles. The van der Waals surface area contributed by atoms with Gasteiger partial charge in [-0.05, 0) is 12.8 Å². The minimum atomic E-state index is -0.473. The summed E-state index contributed by atoms with van der Waals surface area (Å²) in [4.78, 5) is 56.2. The lowest BCUT2D eigenvalue weighted by Crippen LogP contribution is -2.14. The van der Waals surface area contributed by atoms with E-state index in [0.717, 1.165) is 38.5 Å². The van der Waals surface area contributed by atoms with Gasteiger partial charge in [-0.3, -0.25) is 19.4 Å². The molecule has 2 rings (SSSR count). The molecule has 0 amide bonds. The molecule has 0 fully saturated rings. The van der Waals surface area contributed by atoms with Crippen LogP contribution in [0.15, 0.2) is 60.7 Å². The maximum atomic E-state index is 11.8. The zero-order valence-electron chi connectivity index (χ0n) is 36.3. The molecule has 0 N–H and O–H groups in total. The van der Waals surface area contributed by atoms with E-state index in [0.29, 0.717) is 24.0 Å². The van der Waals surface area contributed by atoms with Crippen molar-refractivity contribution >= 4 is 23.5 Å². The molecule has 2 aromatic carbocycles. The van der Waals surface area contributed by atoms with Crippen molar-refractivity contribution in [2.24, 2.45) is 0 Å². The highest BCUT2D eigenvalue weighted by Gasteiger charge is 2.17. The summed E-state index contributed by atoms with van der Waals surface area (Å²) < 4.78 is 0. The number of benzene rings is 2. The van der Waals surface area contributed by atoms with Crippen LogP contribution in [-0.2, 0) is 24.4 Å². The van der Waals surface area contributed by atoms with E-state index in [-0.39, 0.29) is 0 Å². The molecule has 2 aromatic rings. The third-order valence-electron chi connectivity index (χ3n) is 10.5. The van der Waals surface area contributed by atoms with Crippen LogP contribution in [0, 0.1) is 0 Å². The SMILES string of the molecule is CCCCCCCCCCCCCCCCCC(=O)OOOC(=O)CCCCCCCCCCCCCCCCC.O=C(C(=O)c1ccccc1)c1ccccc1. The number of hydrogen-bond acceptors (Lipinski definition) is 7. The summed E-state index contributed by atoms with van der Waals surface area (Å²) in [5, 5.41) is 4.41. The number of carbonyl (C=O) groups excluding carboxylic acids is 4. The summed E-state index contributed by atoms with van der Waals surface area (Å²) in [5.74, 6) is -1.88. The Labute approximate surface area is 347 Å². The smallest absolute Gasteiger partial charge is 0.285 e. The van der Waals surface area contributed by atoms with Gasteiger partial charge in [0.2, 0.25) is 11.6 Å². The number of Topliss-reactive ketones (excluding diaryl/α,β-unsaturated/α-hetero) is 2. The van der Waals surface area contributed by atoms with E-state index in [1.54, 1.807) is 48.5 Å². The van der Waals surface area contributed by atoms with Crippen LogP contribution in [-0.4, -0.2) is 23.5 Å². The average molecular weight is 793 g/mol. The topological polar surface area (TPSA) is 96.0 Å². The highest BCUT2D eigenvalue weighted by Crippen LogP contribution is 2.16. The second-order valence-electron chi connectivity index (χ2n) is 15.8. The van der Waals surface area contributed by atoms with E-state index in [2.05, 4.69) is 28.7 Å². The normalized spacial score (nSPS) is 10.8. The Morgan fingerprint density at radius 3 is 0.807 bits per heavy atom. The quantitative estimate of drug-likeness (QED) is 0.0221. The lowest BCUT2D eigenvalue weighted by atomic mass is 10.0. The molecule has 7 nitrogen and oxygen atoms in total. The zero-order chi connectivity index (χ0) is 41.3. The van der Waals surface area contributed by atoms with Gasteiger partial charge in [0, 0.05) is 29.0 Å². The predicted octanol–water partition coefficient (Wildman–Crippen LogP) is 15.2. The molecule has 0 heterocycles. The summed E-state index contributed by atoms with van der Waals surface area (Å²) in [6.07, 6.45) is 39.2. The van der Waals surface area contributed by atoms with Crippen LogP contribution in [0.2, 0.25) is 0 Å². The Morgan fingerprint density at radius 2 is 0.561 bits per heavy atom. The van der Waals surface area contributed by atoms with Crippen molar-refractivity contribution in [3.8, 4) is 0 Å². The van der Waals surface area contributed by atoms with Gasteiger partial charge in [-0.1, -0.05) is 254 Å². The Hall–Kier alpha value is -3.32. The van der Waals surface area contributed by atoms with E-state index in [1.165, 1.54) is 154 Å². The van der Waals surface area contributed by atoms with Crippen LogP contribution < -0.4 is 0 Å². The third-order valence-corrected chi connectivity index (χ3v) is 10.5. The number of hydrogen-bond donors (Lipinski definition) is 0. The van der Waals surface area contributed by atoms with E-state index < -0.39 is 23.5 Å². The number of ketones is 2. The number of unbranched alkanes of at least 4 members (excludes halogenated alkanes) is 28. The number of rotatable bonds is 37. The highest BCUT2D eigenvalue weighted by molar-refractivity contribution is 6.49. The first-order valence-corrected chi connectivity index (χ1v) is 23.3. The molecule has 0 bridgehead atoms. The summed E-state index contributed by atoms with van der Waals surface area (Å²) in [7, 11) is 0. The molecule has 0 unspecified atom stereocenters. The molecule has 0 radical (unpaired) electrons. The van der Waals surface area contributed by atoms with Crippen LogP contribution in [0.4, 0.5) is 0 Å². The molecule has 7 heteroatoms. The van der Waals surface area contributed by atoms with Gasteiger partial charge in [0.15, 0.2) is 0 Å². The minimum Gasteiger partial charge on any atom is -0.285 e. The summed E-state index contributed by atoms with van der Waals surface area (Å²) in [6, 6.07) is 17.2. The Kier molecular flexibility index (Phi) is 35.8. The molecule has 0 saturated heterocycles. The standard InChI is InChI=1S/C36H70O5.C14H10O2/c1-3-5-7-9-11-13-15-17-19-21-23-25-27-29-31-33-35(37)39-41-40-36(38)34-32-30-28-26-24-22-20-18-16-14-12-10-8-6-4-2;15-13(11-7-3-1-4-8-11)14(16)12-9-5-2-6-10-12/h3-34H2,1-2H3;1-10H. The Balaban J connectivity index is 0.000000831. The molecule has 0 atom stereocenters. The molecule has 0 aliphatic rings. The van der Waals surface area contributed by atoms with Crippen molar-refractivity contribution in [1.82, 2.24) is 0 Å². The fourth-order valence-corrected chi connectivity index (χ4v) is 6.90. The molecule has 0 spiro atoms. The fourth-order valence-electron chi connectivity index (χ4n) is 6.90. The number of carbonyl (C=O) groups is 4. The third kappa shape index (κ3) is 32.3. The second kappa shape index (κ2) is 39.5. The maximum Gasteiger partial charge on any atom is 0.346 e. The van der Waals surface area contributed by atoms with Crippen molar-refractivity contribution < 1.29 is 34.0 Å². The van der Waals surface area contributed by atoms with Gasteiger partial charge in [-0.15, -0.1) is 0 Å². The van der Waals surface area contributed by atoms with Crippen molar-refractivity contribution in [1.29, 1.82) is 0 Å². The van der Waals surface area contributed by atoms with Crippen LogP contribution in [0.5, 0.6) is 0 Å². The Bertz CT molecular complexity index is 1130. The summed E-state index contributed by atoms with van der Waals surface area (Å²) in [6.45, 7) is 4.54. The Morgan fingerprint density at radius 1 is 0.333 bits per heavy atom. The summed E-state index contributed by atoms with van der Waals surface area (Å²) in [5.41, 5.74) is 0.854. The monoisotopic (exact) mass is 793 g/mol. The van der Waals surface area contributed by atoms with Crippen LogP contribution in [0.25, 0.3) is 0 Å². The van der Waals surface area contributed by atoms with Gasteiger partial charge in [0.05, 0.1) is 0 Å². The minimum absolute atomic E-state index is 0.300. The molecule has 57 heavy (non-hydrogen) atoms. The van der Waals surface area contributed by atoms with E-state index >= 15 is 0 Å². The fraction of sp³-hybridized carbons (Fsp3) is 0.680. The van der Waals surface area contributed by atoms with Gasteiger partial charge in [0.25, 0.3) is 0 Å². The molecular formula is C50H80O7.